The molecule has 1 atom stereocenters. The van der Waals surface area contributed by atoms with Crippen LogP contribution in [-0.2, 0) is 6.42 Å². The number of hydrogen-bond acceptors (Lipinski definition) is 5. The highest BCUT2D eigenvalue weighted by molar-refractivity contribution is 7.07. The van der Waals surface area contributed by atoms with Gasteiger partial charge in [0.25, 0.3) is 5.56 Å². The molecule has 0 radical (unpaired) electrons. The van der Waals surface area contributed by atoms with Crippen LogP contribution in [0.1, 0.15) is 60.0 Å². The van der Waals surface area contributed by atoms with Crippen LogP contribution < -0.4 is 24.5 Å². The van der Waals surface area contributed by atoms with Crippen molar-refractivity contribution in [2.75, 3.05) is 24.6 Å². The quantitative estimate of drug-likeness (QED) is 0.326. The van der Waals surface area contributed by atoms with Crippen LogP contribution in [0.5, 0.6) is 5.75 Å². The number of rotatable bonds is 5. The van der Waals surface area contributed by atoms with Gasteiger partial charge in [0.1, 0.15) is 5.75 Å². The fourth-order valence-electron chi connectivity index (χ4n) is 6.37. The molecule has 40 heavy (non-hydrogen) atoms. The van der Waals surface area contributed by atoms with Gasteiger partial charge in [-0.15, -0.1) is 0 Å². The predicted molar refractivity (Wildman–Crippen MR) is 163 cm³/mol. The molecule has 0 unspecified atom stereocenters. The molecule has 0 N–H and O–H groups in total. The Balaban J connectivity index is 1.38. The number of nitrogens with zero attached hydrogens (tertiary/aromatic N) is 3. The molecule has 1 saturated heterocycles. The molecule has 6 heteroatoms. The van der Waals surface area contributed by atoms with Crippen LogP contribution in [0.3, 0.4) is 0 Å². The Morgan fingerprint density at radius 2 is 1.82 bits per heavy atom. The minimum absolute atomic E-state index is 0.0241. The fraction of sp³-hybridized carbons (Fsp3) is 0.294. The maximum atomic E-state index is 14.1. The molecule has 0 bridgehead atoms. The largest absolute Gasteiger partial charge is 0.494 e. The van der Waals surface area contributed by atoms with Crippen molar-refractivity contribution in [3.63, 3.8) is 0 Å². The normalized spacial score (nSPS) is 18.3. The van der Waals surface area contributed by atoms with Crippen LogP contribution in [0.2, 0.25) is 0 Å². The molecular weight excluding hydrogens is 514 g/mol. The maximum absolute atomic E-state index is 14.1. The number of benzene rings is 3. The lowest BCUT2D eigenvalue weighted by molar-refractivity contribution is 0.340. The molecule has 7 rings (SSSR count). The lowest BCUT2D eigenvalue weighted by Gasteiger charge is -2.30. The summed E-state index contributed by atoms with van der Waals surface area (Å²) in [6.07, 6.45) is 6.40. The monoisotopic (exact) mass is 547 g/mol. The Morgan fingerprint density at radius 3 is 2.60 bits per heavy atom. The molecule has 1 aromatic heterocycles. The van der Waals surface area contributed by atoms with E-state index in [2.05, 4.69) is 72.5 Å². The molecule has 0 spiro atoms. The van der Waals surface area contributed by atoms with Crippen molar-refractivity contribution < 1.29 is 4.74 Å². The Bertz CT molecular complexity index is 1810. The van der Waals surface area contributed by atoms with E-state index in [1.807, 2.05) is 23.6 Å². The summed E-state index contributed by atoms with van der Waals surface area (Å²) >= 11 is 1.49. The Hall–Kier alpha value is -3.90. The number of fused-ring (bicyclic) bond motifs is 3. The third-order valence-corrected chi connectivity index (χ3v) is 9.37. The molecule has 1 aliphatic carbocycles. The first-order chi connectivity index (χ1) is 19.6. The van der Waals surface area contributed by atoms with Crippen molar-refractivity contribution in [2.45, 2.75) is 45.6 Å². The van der Waals surface area contributed by atoms with E-state index in [-0.39, 0.29) is 11.6 Å². The average molecular weight is 548 g/mol. The van der Waals surface area contributed by atoms with Crippen molar-refractivity contribution in [2.24, 2.45) is 4.99 Å². The summed E-state index contributed by atoms with van der Waals surface area (Å²) in [7, 11) is 0. The van der Waals surface area contributed by atoms with Crippen LogP contribution in [-0.4, -0.2) is 24.3 Å². The molecule has 3 aromatic carbocycles. The lowest BCUT2D eigenvalue weighted by atomic mass is 9.83. The van der Waals surface area contributed by atoms with Gasteiger partial charge in [-0.2, -0.15) is 0 Å². The Morgan fingerprint density at radius 1 is 1.02 bits per heavy atom. The number of aromatic nitrogens is 1. The second-order valence-corrected chi connectivity index (χ2v) is 11.9. The molecule has 202 valence electrons. The SMILES string of the molecule is CCOc1ccc([C@H]2C3=C(N=c4s/c(=C/c5ccc(N6CCCC6)cc5C)c(=O)n42)c2ccccc2CC3)cc1. The third kappa shape index (κ3) is 4.31. The van der Waals surface area contributed by atoms with Gasteiger partial charge in [-0.3, -0.25) is 9.36 Å². The van der Waals surface area contributed by atoms with Gasteiger partial charge in [-0.25, -0.2) is 4.99 Å². The Labute approximate surface area is 238 Å². The molecule has 3 aliphatic rings. The van der Waals surface area contributed by atoms with E-state index in [4.69, 9.17) is 9.73 Å². The summed E-state index contributed by atoms with van der Waals surface area (Å²) in [5.74, 6) is 0.842. The van der Waals surface area contributed by atoms with Crippen molar-refractivity contribution >= 4 is 28.8 Å². The van der Waals surface area contributed by atoms with Gasteiger partial charge in [0.2, 0.25) is 0 Å². The van der Waals surface area contributed by atoms with Crippen molar-refractivity contribution in [3.8, 4) is 5.75 Å². The van der Waals surface area contributed by atoms with Crippen LogP contribution in [0.25, 0.3) is 11.8 Å². The van der Waals surface area contributed by atoms with Crippen LogP contribution in [0.15, 0.2) is 82.1 Å². The highest BCUT2D eigenvalue weighted by Gasteiger charge is 2.32. The van der Waals surface area contributed by atoms with E-state index >= 15 is 0 Å². The van der Waals surface area contributed by atoms with Gasteiger partial charge in [-0.1, -0.05) is 53.8 Å². The molecule has 3 heterocycles. The smallest absolute Gasteiger partial charge is 0.271 e. The zero-order valence-electron chi connectivity index (χ0n) is 23.0. The van der Waals surface area contributed by atoms with Gasteiger partial charge in [0, 0.05) is 24.3 Å². The second-order valence-electron chi connectivity index (χ2n) is 10.9. The summed E-state index contributed by atoms with van der Waals surface area (Å²) in [5.41, 5.74) is 9.41. The van der Waals surface area contributed by atoms with Gasteiger partial charge in [0.15, 0.2) is 4.80 Å². The first kappa shape index (κ1) is 25.1. The topological polar surface area (TPSA) is 46.8 Å². The molecular formula is C34H33N3O2S. The van der Waals surface area contributed by atoms with E-state index in [1.165, 1.54) is 52.1 Å². The number of ether oxygens (including phenoxy) is 1. The summed E-state index contributed by atoms with van der Waals surface area (Å²) in [5, 5.41) is 0. The Kier molecular flexibility index (Phi) is 6.43. The molecule has 1 fully saturated rings. The molecule has 2 aliphatic heterocycles. The van der Waals surface area contributed by atoms with E-state index in [9.17, 15) is 4.79 Å². The molecule has 0 saturated carbocycles. The average Bonchev–Trinajstić information content (AvgIpc) is 3.62. The highest BCUT2D eigenvalue weighted by atomic mass is 32.1. The summed E-state index contributed by atoms with van der Waals surface area (Å²) in [4.78, 5) is 22.5. The van der Waals surface area contributed by atoms with Crippen molar-refractivity contribution in [3.05, 3.63) is 120 Å². The number of thiazole rings is 1. The number of aryl methyl sites for hydroxylation is 2. The lowest BCUT2D eigenvalue weighted by Crippen LogP contribution is -2.38. The van der Waals surface area contributed by atoms with E-state index in [1.54, 1.807) is 0 Å². The fourth-order valence-corrected chi connectivity index (χ4v) is 7.36. The number of anilines is 1. The van der Waals surface area contributed by atoms with Crippen LogP contribution in [0.4, 0.5) is 5.69 Å². The zero-order valence-corrected chi connectivity index (χ0v) is 23.8. The van der Waals surface area contributed by atoms with E-state index in [0.29, 0.717) is 6.61 Å². The minimum Gasteiger partial charge on any atom is -0.494 e. The van der Waals surface area contributed by atoms with E-state index < -0.39 is 0 Å². The third-order valence-electron chi connectivity index (χ3n) is 8.39. The van der Waals surface area contributed by atoms with Crippen LogP contribution >= 0.6 is 11.3 Å². The van der Waals surface area contributed by atoms with Gasteiger partial charge in [-0.05, 0) is 97.7 Å². The molecule has 4 aromatic rings. The van der Waals surface area contributed by atoms with Crippen molar-refractivity contribution in [1.29, 1.82) is 0 Å². The first-order valence-corrected chi connectivity index (χ1v) is 15.1. The second kappa shape index (κ2) is 10.3. The minimum atomic E-state index is -0.184. The van der Waals surface area contributed by atoms with Gasteiger partial charge < -0.3 is 9.64 Å². The maximum Gasteiger partial charge on any atom is 0.271 e. The summed E-state index contributed by atoms with van der Waals surface area (Å²) in [6, 6.07) is 23.2. The molecule has 0 amide bonds. The highest BCUT2D eigenvalue weighted by Crippen LogP contribution is 2.41. The zero-order chi connectivity index (χ0) is 27.2. The van der Waals surface area contributed by atoms with Crippen molar-refractivity contribution in [1.82, 2.24) is 4.57 Å². The van der Waals surface area contributed by atoms with Gasteiger partial charge >= 0.3 is 0 Å². The van der Waals surface area contributed by atoms with Gasteiger partial charge in [0.05, 0.1) is 22.9 Å². The van der Waals surface area contributed by atoms with E-state index in [0.717, 1.165) is 57.8 Å². The molecule has 5 nitrogen and oxygen atoms in total. The predicted octanol–water partition coefficient (Wildman–Crippen LogP) is 5.63. The van der Waals surface area contributed by atoms with Crippen LogP contribution in [0, 0.1) is 6.92 Å². The summed E-state index contributed by atoms with van der Waals surface area (Å²) in [6.45, 7) is 7.00. The standard InChI is InChI=1S/C34H33N3O2S/c1-3-39-27-15-11-24(12-16-27)32-29-17-13-23-8-4-5-9-28(23)31(29)35-34-37(32)33(38)30(40-34)21-25-10-14-26(20-22(25)2)36-18-6-7-19-36/h4-5,8-12,14-16,20-21,32H,3,6-7,13,17-19H2,1-2H3/b30-21+/t32-/m0/s1. The number of hydrogen-bond donors (Lipinski definition) is 0. The number of allylic oxidation sites excluding steroid dienone is 1. The first-order valence-electron chi connectivity index (χ1n) is 14.3. The summed E-state index contributed by atoms with van der Waals surface area (Å²) < 4.78 is 8.36.